The number of fused-ring (bicyclic) bond motifs is 1. The Morgan fingerprint density at radius 3 is 2.53 bits per heavy atom. The van der Waals surface area contributed by atoms with Crippen LogP contribution in [0.3, 0.4) is 0 Å². The van der Waals surface area contributed by atoms with Gasteiger partial charge in [0.15, 0.2) is 5.76 Å². The molecule has 1 aromatic carbocycles. The molecule has 36 heavy (non-hydrogen) atoms. The topological polar surface area (TPSA) is 119 Å². The monoisotopic (exact) mass is 588 g/mol. The van der Waals surface area contributed by atoms with Crippen molar-refractivity contribution in [2.45, 2.75) is 42.2 Å². The number of carbonyl (C=O) groups excluding carboxylic acids is 2. The van der Waals surface area contributed by atoms with Crippen LogP contribution in [0, 0.1) is 0 Å². The maximum absolute atomic E-state index is 13.1. The lowest BCUT2D eigenvalue weighted by molar-refractivity contribution is 0.0948. The maximum atomic E-state index is 13.1. The van der Waals surface area contributed by atoms with Gasteiger partial charge in [0.2, 0.25) is 14.9 Å². The number of sulfone groups is 1. The minimum Gasteiger partial charge on any atom is -0.467 e. The van der Waals surface area contributed by atoms with Crippen molar-refractivity contribution in [2.75, 3.05) is 5.32 Å². The first-order valence-corrected chi connectivity index (χ1v) is 14.3. The van der Waals surface area contributed by atoms with Gasteiger partial charge in [-0.15, -0.1) is 11.3 Å². The van der Waals surface area contributed by atoms with Gasteiger partial charge in [-0.05, 0) is 79.8 Å². The summed E-state index contributed by atoms with van der Waals surface area (Å²) in [5.41, 5.74) is 1.38. The smallest absolute Gasteiger partial charge is 0.292 e. The van der Waals surface area contributed by atoms with Crippen molar-refractivity contribution in [1.29, 1.82) is 0 Å². The predicted octanol–water partition coefficient (Wildman–Crippen LogP) is 5.59. The van der Waals surface area contributed by atoms with Gasteiger partial charge >= 0.3 is 0 Å². The van der Waals surface area contributed by atoms with Crippen molar-refractivity contribution in [3.05, 3.63) is 86.8 Å². The second kappa shape index (κ2) is 10.1. The Kier molecular flexibility index (Phi) is 6.87. The molecular weight excluding hydrogens is 568 g/mol. The summed E-state index contributed by atoms with van der Waals surface area (Å²) < 4.78 is 37.2. The molecule has 0 unspecified atom stereocenters. The lowest BCUT2D eigenvalue weighted by atomic mass is 9.95. The minimum absolute atomic E-state index is 0.0495. The molecule has 0 atom stereocenters. The van der Waals surface area contributed by atoms with E-state index in [1.54, 1.807) is 24.3 Å². The summed E-state index contributed by atoms with van der Waals surface area (Å²) >= 11 is 4.64. The number of thiophene rings is 1. The summed E-state index contributed by atoms with van der Waals surface area (Å²) in [7, 11) is -3.93. The lowest BCUT2D eigenvalue weighted by Gasteiger charge is -2.13. The van der Waals surface area contributed by atoms with E-state index in [-0.39, 0.29) is 28.2 Å². The zero-order valence-corrected chi connectivity index (χ0v) is 22.1. The first-order valence-electron chi connectivity index (χ1n) is 11.2. The summed E-state index contributed by atoms with van der Waals surface area (Å²) in [6.07, 6.45) is 5.11. The number of aryl methyl sites for hydroxylation is 1. The van der Waals surface area contributed by atoms with Gasteiger partial charge < -0.3 is 19.5 Å². The third kappa shape index (κ3) is 4.91. The van der Waals surface area contributed by atoms with Gasteiger partial charge in [-0.25, -0.2) is 8.42 Å². The fourth-order valence-corrected chi connectivity index (χ4v) is 6.76. The van der Waals surface area contributed by atoms with Crippen LogP contribution in [0.2, 0.25) is 0 Å². The molecule has 5 rings (SSSR count). The van der Waals surface area contributed by atoms with Gasteiger partial charge in [-0.3, -0.25) is 9.59 Å². The molecule has 1 aliphatic rings. The second-order valence-electron chi connectivity index (χ2n) is 8.21. The van der Waals surface area contributed by atoms with Gasteiger partial charge in [0.05, 0.1) is 23.3 Å². The van der Waals surface area contributed by atoms with E-state index in [0.29, 0.717) is 16.3 Å². The standard InChI is InChI=1S/C25H21BrN2O6S2/c26-15-7-9-17(10-8-15)36(31,32)21-12-11-19(34-21)23(29)28-25-22(18-5-1-2-6-20(18)35-25)24(30)27-14-16-4-3-13-33-16/h3-4,7-13H,1-2,5-6,14H2,(H,27,30)(H,28,29). The van der Waals surface area contributed by atoms with Gasteiger partial charge in [0.25, 0.3) is 11.8 Å². The number of carbonyl (C=O) groups is 2. The van der Waals surface area contributed by atoms with Crippen LogP contribution in [0.5, 0.6) is 0 Å². The molecule has 0 fully saturated rings. The number of hydrogen-bond donors (Lipinski definition) is 2. The Balaban J connectivity index is 1.38. The van der Waals surface area contributed by atoms with Crippen molar-refractivity contribution >= 4 is 53.9 Å². The average molecular weight is 589 g/mol. The Morgan fingerprint density at radius 2 is 1.78 bits per heavy atom. The Bertz CT molecular complexity index is 1520. The summed E-state index contributed by atoms with van der Waals surface area (Å²) in [4.78, 5) is 27.3. The maximum Gasteiger partial charge on any atom is 0.292 e. The molecule has 4 aromatic rings. The third-order valence-corrected chi connectivity index (χ3v) is 9.20. The Morgan fingerprint density at radius 1 is 1.00 bits per heavy atom. The van der Waals surface area contributed by atoms with Gasteiger partial charge in [0.1, 0.15) is 10.8 Å². The van der Waals surface area contributed by atoms with E-state index >= 15 is 0 Å². The summed E-state index contributed by atoms with van der Waals surface area (Å²) in [6.45, 7) is 0.222. The zero-order valence-electron chi connectivity index (χ0n) is 18.9. The van der Waals surface area contributed by atoms with E-state index in [2.05, 4.69) is 26.6 Å². The summed E-state index contributed by atoms with van der Waals surface area (Å²) in [6, 6.07) is 12.2. The van der Waals surface area contributed by atoms with Crippen molar-refractivity contribution in [3.8, 4) is 0 Å². The largest absolute Gasteiger partial charge is 0.467 e. The molecule has 0 saturated heterocycles. The van der Waals surface area contributed by atoms with Crippen LogP contribution in [0.4, 0.5) is 5.00 Å². The molecule has 186 valence electrons. The highest BCUT2D eigenvalue weighted by molar-refractivity contribution is 9.10. The van der Waals surface area contributed by atoms with Gasteiger partial charge in [-0.2, -0.15) is 0 Å². The minimum atomic E-state index is -3.93. The van der Waals surface area contributed by atoms with Gasteiger partial charge in [0, 0.05) is 9.35 Å². The molecule has 0 bridgehead atoms. The number of furan rings is 2. The van der Waals surface area contributed by atoms with Crippen molar-refractivity contribution in [3.63, 3.8) is 0 Å². The molecule has 8 nitrogen and oxygen atoms in total. The molecule has 2 N–H and O–H groups in total. The Hall–Kier alpha value is -3.15. The number of benzene rings is 1. The normalized spacial score (nSPS) is 13.2. The number of anilines is 1. The van der Waals surface area contributed by atoms with E-state index in [4.69, 9.17) is 8.83 Å². The SMILES string of the molecule is O=C(Nc1sc2c(c1C(=O)NCc1ccco1)CCCC2)c1ccc(S(=O)(=O)c2ccc(Br)cc2)o1. The quantitative estimate of drug-likeness (QED) is 0.290. The molecule has 0 aliphatic heterocycles. The highest BCUT2D eigenvalue weighted by Crippen LogP contribution is 2.38. The van der Waals surface area contributed by atoms with Crippen LogP contribution >= 0.6 is 27.3 Å². The average Bonchev–Trinajstić information content (AvgIpc) is 3.63. The first-order chi connectivity index (χ1) is 17.3. The van der Waals surface area contributed by atoms with Crippen LogP contribution in [0.1, 0.15) is 50.0 Å². The van der Waals surface area contributed by atoms with Crippen LogP contribution < -0.4 is 10.6 Å². The van der Waals surface area contributed by atoms with Crippen LogP contribution in [0.25, 0.3) is 0 Å². The number of rotatable bonds is 7. The van der Waals surface area contributed by atoms with E-state index in [1.165, 1.54) is 41.9 Å². The van der Waals surface area contributed by atoms with Crippen molar-refractivity contribution in [2.24, 2.45) is 0 Å². The fourth-order valence-electron chi connectivity index (χ4n) is 4.04. The molecule has 3 aromatic heterocycles. The highest BCUT2D eigenvalue weighted by Gasteiger charge is 2.28. The number of hydrogen-bond acceptors (Lipinski definition) is 7. The molecule has 0 spiro atoms. The highest BCUT2D eigenvalue weighted by atomic mass is 79.9. The van der Waals surface area contributed by atoms with E-state index in [0.717, 1.165) is 40.6 Å². The fraction of sp³-hybridized carbons (Fsp3) is 0.200. The predicted molar refractivity (Wildman–Crippen MR) is 137 cm³/mol. The van der Waals surface area contributed by atoms with Crippen molar-refractivity contribution in [1.82, 2.24) is 5.32 Å². The molecule has 1 aliphatic carbocycles. The second-order valence-corrected chi connectivity index (χ2v) is 12.1. The van der Waals surface area contributed by atoms with E-state index in [9.17, 15) is 18.0 Å². The molecule has 0 radical (unpaired) electrons. The summed E-state index contributed by atoms with van der Waals surface area (Å²) in [5, 5.41) is 5.70. The molecular formula is C25H21BrN2O6S2. The van der Waals surface area contributed by atoms with Crippen molar-refractivity contribution < 1.29 is 26.8 Å². The van der Waals surface area contributed by atoms with E-state index in [1.807, 2.05) is 0 Å². The molecule has 2 amide bonds. The molecule has 0 saturated carbocycles. The first kappa shape index (κ1) is 24.5. The lowest BCUT2D eigenvalue weighted by Crippen LogP contribution is -2.25. The van der Waals surface area contributed by atoms with E-state index < -0.39 is 15.7 Å². The molecule has 11 heteroatoms. The molecule has 3 heterocycles. The van der Waals surface area contributed by atoms with Gasteiger partial charge in [-0.1, -0.05) is 15.9 Å². The number of halogens is 1. The van der Waals surface area contributed by atoms with Crippen LogP contribution in [-0.4, -0.2) is 20.2 Å². The zero-order chi connectivity index (χ0) is 25.3. The third-order valence-electron chi connectivity index (χ3n) is 5.82. The number of amides is 2. The van der Waals surface area contributed by atoms with Crippen LogP contribution in [0.15, 0.2) is 78.1 Å². The Labute approximate surface area is 219 Å². The van der Waals surface area contributed by atoms with Crippen LogP contribution in [-0.2, 0) is 29.2 Å². The number of nitrogens with one attached hydrogen (secondary N) is 2. The summed E-state index contributed by atoms with van der Waals surface area (Å²) in [5.74, 6) is -0.489.